The first-order chi connectivity index (χ1) is 6.82. The van der Waals surface area contributed by atoms with Crippen LogP contribution in [0.3, 0.4) is 0 Å². The molecule has 2 N–H and O–H groups in total. The van der Waals surface area contributed by atoms with E-state index in [0.29, 0.717) is 13.2 Å². The molecule has 1 unspecified atom stereocenters. The Morgan fingerprint density at radius 3 is 2.53 bits per heavy atom. The maximum absolute atomic E-state index is 10.9. The quantitative estimate of drug-likeness (QED) is 0.680. The van der Waals surface area contributed by atoms with Gasteiger partial charge < -0.3 is 19.8 Å². The Kier molecular flexibility index (Phi) is 3.25. The molecule has 1 saturated heterocycles. The lowest BCUT2D eigenvalue weighted by atomic mass is 9.75. The Balaban J connectivity index is 2.87. The molecule has 1 atom stereocenters. The van der Waals surface area contributed by atoms with Crippen molar-refractivity contribution in [1.82, 2.24) is 4.90 Å². The Morgan fingerprint density at radius 2 is 2.13 bits per heavy atom. The number of aliphatic hydroxyl groups is 1. The smallest absolute Gasteiger partial charge is 0.407 e. The topological polar surface area (TPSA) is 70.0 Å². The van der Waals surface area contributed by atoms with Crippen LogP contribution >= 0.6 is 0 Å². The number of aliphatic hydroxyl groups excluding tert-OH is 1. The summed E-state index contributed by atoms with van der Waals surface area (Å²) in [6.45, 7) is 6.58. The molecule has 1 fully saturated rings. The Hall–Kier alpha value is -0.810. The number of hydrogen-bond acceptors (Lipinski definition) is 3. The summed E-state index contributed by atoms with van der Waals surface area (Å²) in [5, 5.41) is 18.4. The van der Waals surface area contributed by atoms with Crippen molar-refractivity contribution in [2.24, 2.45) is 5.41 Å². The van der Waals surface area contributed by atoms with Gasteiger partial charge in [-0.15, -0.1) is 0 Å². The third-order valence-electron chi connectivity index (χ3n) is 3.08. The number of morpholine rings is 1. The molecule has 15 heavy (non-hydrogen) atoms. The van der Waals surface area contributed by atoms with E-state index < -0.39 is 11.7 Å². The molecule has 0 aromatic heterocycles. The molecule has 88 valence electrons. The van der Waals surface area contributed by atoms with Crippen molar-refractivity contribution in [3.8, 4) is 0 Å². The fourth-order valence-electron chi connectivity index (χ4n) is 1.73. The van der Waals surface area contributed by atoms with Crippen LogP contribution in [-0.2, 0) is 4.74 Å². The van der Waals surface area contributed by atoms with E-state index >= 15 is 0 Å². The van der Waals surface area contributed by atoms with Crippen LogP contribution in [0, 0.1) is 5.41 Å². The standard InChI is InChI=1S/C10H19NO4/c1-9(2,3)10(7-12)6-11(8(13)14)4-5-15-10/h12H,4-7H2,1-3H3,(H,13,14). The molecule has 1 heterocycles. The van der Waals surface area contributed by atoms with Crippen LogP contribution in [0.2, 0.25) is 0 Å². The van der Waals surface area contributed by atoms with Crippen molar-refractivity contribution in [2.75, 3.05) is 26.3 Å². The summed E-state index contributed by atoms with van der Waals surface area (Å²) in [6, 6.07) is 0. The minimum Gasteiger partial charge on any atom is -0.465 e. The summed E-state index contributed by atoms with van der Waals surface area (Å²) in [4.78, 5) is 12.2. The second kappa shape index (κ2) is 3.98. The number of hydrogen-bond donors (Lipinski definition) is 2. The van der Waals surface area contributed by atoms with Gasteiger partial charge >= 0.3 is 6.09 Å². The van der Waals surface area contributed by atoms with Crippen LogP contribution in [0.5, 0.6) is 0 Å². The lowest BCUT2D eigenvalue weighted by Gasteiger charge is -2.48. The van der Waals surface area contributed by atoms with Crippen molar-refractivity contribution in [3.63, 3.8) is 0 Å². The van der Waals surface area contributed by atoms with E-state index in [4.69, 9.17) is 9.84 Å². The first-order valence-electron chi connectivity index (χ1n) is 5.05. The van der Waals surface area contributed by atoms with Crippen LogP contribution in [0.1, 0.15) is 20.8 Å². The zero-order valence-corrected chi connectivity index (χ0v) is 9.49. The van der Waals surface area contributed by atoms with E-state index in [9.17, 15) is 9.90 Å². The largest absolute Gasteiger partial charge is 0.465 e. The van der Waals surface area contributed by atoms with E-state index in [1.165, 1.54) is 4.90 Å². The molecule has 5 nitrogen and oxygen atoms in total. The molecule has 0 spiro atoms. The van der Waals surface area contributed by atoms with Gasteiger partial charge in [0, 0.05) is 6.54 Å². The molecular weight excluding hydrogens is 198 g/mol. The van der Waals surface area contributed by atoms with Gasteiger partial charge in [0.25, 0.3) is 0 Å². The fourth-order valence-corrected chi connectivity index (χ4v) is 1.73. The lowest BCUT2D eigenvalue weighted by Crippen LogP contribution is -2.61. The second-order valence-electron chi connectivity index (χ2n) is 4.95. The average Bonchev–Trinajstić information content (AvgIpc) is 2.16. The fraction of sp³-hybridized carbons (Fsp3) is 0.900. The van der Waals surface area contributed by atoms with Crippen LogP contribution in [0.15, 0.2) is 0 Å². The predicted octanol–water partition coefficient (Wildman–Crippen LogP) is 0.774. The molecule has 1 aliphatic heterocycles. The molecule has 0 bridgehead atoms. The minimum absolute atomic E-state index is 0.166. The number of amides is 1. The lowest BCUT2D eigenvalue weighted by molar-refractivity contribution is -0.179. The van der Waals surface area contributed by atoms with E-state index in [0.717, 1.165) is 0 Å². The van der Waals surface area contributed by atoms with Crippen molar-refractivity contribution in [2.45, 2.75) is 26.4 Å². The molecule has 1 aliphatic rings. The van der Waals surface area contributed by atoms with E-state index in [-0.39, 0.29) is 18.6 Å². The summed E-state index contributed by atoms with van der Waals surface area (Å²) in [5.41, 5.74) is -1.08. The van der Waals surface area contributed by atoms with E-state index in [1.54, 1.807) is 0 Å². The molecule has 1 amide bonds. The maximum atomic E-state index is 10.9. The highest BCUT2D eigenvalue weighted by molar-refractivity contribution is 5.65. The summed E-state index contributed by atoms with van der Waals surface area (Å²) >= 11 is 0. The summed E-state index contributed by atoms with van der Waals surface area (Å²) < 4.78 is 5.60. The van der Waals surface area contributed by atoms with Gasteiger partial charge in [-0.2, -0.15) is 0 Å². The number of carbonyl (C=O) groups is 1. The molecule has 0 radical (unpaired) electrons. The Bertz CT molecular complexity index is 248. The predicted molar refractivity (Wildman–Crippen MR) is 54.8 cm³/mol. The zero-order valence-electron chi connectivity index (χ0n) is 9.49. The monoisotopic (exact) mass is 217 g/mol. The number of carboxylic acid groups (broad SMARTS) is 1. The van der Waals surface area contributed by atoms with Crippen molar-refractivity contribution >= 4 is 6.09 Å². The number of rotatable bonds is 1. The summed E-state index contributed by atoms with van der Waals surface area (Å²) in [5.74, 6) is 0. The van der Waals surface area contributed by atoms with Gasteiger partial charge in [-0.25, -0.2) is 4.79 Å². The van der Waals surface area contributed by atoms with Gasteiger partial charge in [-0.05, 0) is 5.41 Å². The Labute approximate surface area is 89.6 Å². The van der Waals surface area contributed by atoms with Crippen molar-refractivity contribution in [1.29, 1.82) is 0 Å². The van der Waals surface area contributed by atoms with Crippen LogP contribution in [0.4, 0.5) is 4.79 Å². The third-order valence-corrected chi connectivity index (χ3v) is 3.08. The first-order valence-corrected chi connectivity index (χ1v) is 5.05. The molecule has 0 aromatic rings. The molecule has 5 heteroatoms. The normalized spacial score (nSPS) is 27.9. The molecule has 1 rings (SSSR count). The van der Waals surface area contributed by atoms with Crippen molar-refractivity contribution < 1.29 is 19.7 Å². The van der Waals surface area contributed by atoms with Crippen LogP contribution < -0.4 is 0 Å². The van der Waals surface area contributed by atoms with Gasteiger partial charge in [-0.3, -0.25) is 0 Å². The molecular formula is C10H19NO4. The second-order valence-corrected chi connectivity index (χ2v) is 4.95. The zero-order chi connectivity index (χ0) is 11.7. The highest BCUT2D eigenvalue weighted by Gasteiger charge is 2.47. The van der Waals surface area contributed by atoms with Gasteiger partial charge in [-0.1, -0.05) is 20.8 Å². The SMILES string of the molecule is CC(C)(C)C1(CO)CN(C(=O)O)CCO1. The third kappa shape index (κ3) is 2.23. The Morgan fingerprint density at radius 1 is 1.53 bits per heavy atom. The summed E-state index contributed by atoms with van der Waals surface area (Å²) in [7, 11) is 0. The summed E-state index contributed by atoms with van der Waals surface area (Å²) in [6.07, 6.45) is -0.958. The van der Waals surface area contributed by atoms with E-state index in [1.807, 2.05) is 20.8 Å². The highest BCUT2D eigenvalue weighted by Crippen LogP contribution is 2.36. The number of nitrogens with zero attached hydrogens (tertiary/aromatic N) is 1. The van der Waals surface area contributed by atoms with Crippen LogP contribution in [-0.4, -0.2) is 53.1 Å². The van der Waals surface area contributed by atoms with Crippen molar-refractivity contribution in [3.05, 3.63) is 0 Å². The maximum Gasteiger partial charge on any atom is 0.407 e. The molecule has 0 saturated carbocycles. The minimum atomic E-state index is -0.958. The number of ether oxygens (including phenoxy) is 1. The van der Waals surface area contributed by atoms with Crippen LogP contribution in [0.25, 0.3) is 0 Å². The molecule has 0 aliphatic carbocycles. The first kappa shape index (κ1) is 12.3. The van der Waals surface area contributed by atoms with E-state index in [2.05, 4.69) is 0 Å². The average molecular weight is 217 g/mol. The molecule has 0 aromatic carbocycles. The highest BCUT2D eigenvalue weighted by atomic mass is 16.5. The van der Waals surface area contributed by atoms with Gasteiger partial charge in [0.05, 0.1) is 19.8 Å². The van der Waals surface area contributed by atoms with Gasteiger partial charge in [0.15, 0.2) is 0 Å². The van der Waals surface area contributed by atoms with Gasteiger partial charge in [0.2, 0.25) is 0 Å². The van der Waals surface area contributed by atoms with Gasteiger partial charge in [0.1, 0.15) is 5.60 Å².